The van der Waals surface area contributed by atoms with Crippen LogP contribution in [0.25, 0.3) is 0 Å². The van der Waals surface area contributed by atoms with Gasteiger partial charge in [0.1, 0.15) is 5.75 Å². The fraction of sp³-hybridized carbons (Fsp3) is 0.167. The Kier molecular flexibility index (Phi) is 7.85. The minimum atomic E-state index is -0.248. The van der Waals surface area contributed by atoms with E-state index in [1.165, 1.54) is 0 Å². The van der Waals surface area contributed by atoms with Gasteiger partial charge in [-0.3, -0.25) is 4.79 Å². The molecular formula is C24H24N2O4. The van der Waals surface area contributed by atoms with Crippen molar-refractivity contribution in [2.24, 2.45) is 5.10 Å². The van der Waals surface area contributed by atoms with Gasteiger partial charge < -0.3 is 14.2 Å². The highest BCUT2D eigenvalue weighted by molar-refractivity contribution is 5.94. The number of carbonyl (C=O) groups excluding carboxylic acids is 1. The quantitative estimate of drug-likeness (QED) is 0.311. The number of rotatable bonds is 10. The van der Waals surface area contributed by atoms with Crippen molar-refractivity contribution >= 4 is 12.1 Å². The number of hydrazone groups is 1. The van der Waals surface area contributed by atoms with E-state index in [0.717, 1.165) is 29.2 Å². The van der Waals surface area contributed by atoms with Crippen LogP contribution in [0.5, 0.6) is 17.2 Å². The Balaban J connectivity index is 1.37. The molecule has 0 aliphatic carbocycles. The molecule has 0 saturated carbocycles. The van der Waals surface area contributed by atoms with E-state index in [4.69, 9.17) is 14.2 Å². The second kappa shape index (κ2) is 11.3. The maximum absolute atomic E-state index is 11.9. The molecule has 6 nitrogen and oxygen atoms in total. The normalized spacial score (nSPS) is 10.6. The highest BCUT2D eigenvalue weighted by atomic mass is 16.5. The maximum Gasteiger partial charge on any atom is 0.271 e. The Morgan fingerprint density at radius 1 is 0.867 bits per heavy atom. The average molecular weight is 404 g/mol. The molecule has 0 aliphatic rings. The number of ether oxygens (including phenoxy) is 3. The Morgan fingerprint density at radius 2 is 1.53 bits per heavy atom. The third-order valence-corrected chi connectivity index (χ3v) is 4.18. The molecule has 154 valence electrons. The second-order valence-electron chi connectivity index (χ2n) is 6.34. The summed E-state index contributed by atoms with van der Waals surface area (Å²) in [6.45, 7) is 1.07. The van der Waals surface area contributed by atoms with E-state index < -0.39 is 0 Å². The monoisotopic (exact) mass is 404 g/mol. The summed E-state index contributed by atoms with van der Waals surface area (Å²) in [4.78, 5) is 11.9. The van der Waals surface area contributed by atoms with E-state index >= 15 is 0 Å². The lowest BCUT2D eigenvalue weighted by atomic mass is 10.2. The summed E-state index contributed by atoms with van der Waals surface area (Å²) in [7, 11) is 1.62. The molecule has 0 radical (unpaired) electrons. The number of benzene rings is 3. The molecule has 30 heavy (non-hydrogen) atoms. The smallest absolute Gasteiger partial charge is 0.271 e. The van der Waals surface area contributed by atoms with Crippen LogP contribution < -0.4 is 19.6 Å². The Morgan fingerprint density at radius 3 is 2.27 bits per heavy atom. The van der Waals surface area contributed by atoms with Gasteiger partial charge >= 0.3 is 0 Å². The van der Waals surface area contributed by atoms with Gasteiger partial charge in [0.15, 0.2) is 11.5 Å². The predicted molar refractivity (Wildman–Crippen MR) is 117 cm³/mol. The highest BCUT2D eigenvalue weighted by Gasteiger charge is 2.03. The van der Waals surface area contributed by atoms with Crippen molar-refractivity contribution in [3.05, 3.63) is 90.0 Å². The summed E-state index contributed by atoms with van der Waals surface area (Å²) in [5, 5.41) is 3.98. The average Bonchev–Trinajstić information content (AvgIpc) is 2.80. The van der Waals surface area contributed by atoms with Crippen molar-refractivity contribution in [2.45, 2.75) is 6.42 Å². The van der Waals surface area contributed by atoms with Gasteiger partial charge in [-0.15, -0.1) is 0 Å². The van der Waals surface area contributed by atoms with Crippen molar-refractivity contribution < 1.29 is 19.0 Å². The molecule has 0 unspecified atom stereocenters. The standard InChI is InChI=1S/C24H24N2O4/c1-28-22-10-5-6-11-23(22)30-17-7-16-29-21-14-12-19(13-15-21)18-25-26-24(27)20-8-3-2-4-9-20/h2-6,8-15,18H,7,16-17H2,1H3,(H,26,27)/b25-18-. The first kappa shape index (κ1) is 20.9. The SMILES string of the molecule is COc1ccccc1OCCCOc1ccc(/C=N\NC(=O)c2ccccc2)cc1. The summed E-state index contributed by atoms with van der Waals surface area (Å²) >= 11 is 0. The molecule has 3 rings (SSSR count). The Hall–Kier alpha value is -3.80. The van der Waals surface area contributed by atoms with Crippen molar-refractivity contribution in [1.29, 1.82) is 0 Å². The zero-order chi connectivity index (χ0) is 21.0. The summed E-state index contributed by atoms with van der Waals surface area (Å²) in [6.07, 6.45) is 2.33. The number of para-hydroxylation sites is 2. The number of nitrogens with zero attached hydrogens (tertiary/aromatic N) is 1. The maximum atomic E-state index is 11.9. The van der Waals surface area contributed by atoms with Gasteiger partial charge in [0.2, 0.25) is 0 Å². The molecule has 1 N–H and O–H groups in total. The molecule has 3 aromatic rings. The first-order chi connectivity index (χ1) is 14.8. The van der Waals surface area contributed by atoms with Crippen LogP contribution in [0.15, 0.2) is 84.0 Å². The second-order valence-corrected chi connectivity index (χ2v) is 6.34. The van der Waals surface area contributed by atoms with Crippen LogP contribution in [0.2, 0.25) is 0 Å². The fourth-order valence-corrected chi connectivity index (χ4v) is 2.64. The van der Waals surface area contributed by atoms with Crippen LogP contribution in [0.4, 0.5) is 0 Å². The van der Waals surface area contributed by atoms with Crippen LogP contribution >= 0.6 is 0 Å². The summed E-state index contributed by atoms with van der Waals surface area (Å²) < 4.78 is 16.7. The zero-order valence-corrected chi connectivity index (χ0v) is 16.8. The number of nitrogens with one attached hydrogen (secondary N) is 1. The summed E-state index contributed by atoms with van der Waals surface area (Å²) in [5.41, 5.74) is 3.93. The molecule has 0 bridgehead atoms. The number of carbonyl (C=O) groups is 1. The first-order valence-corrected chi connectivity index (χ1v) is 9.63. The van der Waals surface area contributed by atoms with Crippen LogP contribution in [-0.4, -0.2) is 32.4 Å². The van der Waals surface area contributed by atoms with Crippen molar-refractivity contribution in [1.82, 2.24) is 5.43 Å². The molecule has 1 amide bonds. The molecule has 0 heterocycles. The van der Waals surface area contributed by atoms with Gasteiger partial charge in [-0.2, -0.15) is 5.10 Å². The van der Waals surface area contributed by atoms with Crippen LogP contribution in [-0.2, 0) is 0 Å². The van der Waals surface area contributed by atoms with Crippen LogP contribution in [0.1, 0.15) is 22.3 Å². The number of amides is 1. The molecule has 3 aromatic carbocycles. The van der Waals surface area contributed by atoms with Crippen LogP contribution in [0.3, 0.4) is 0 Å². The third kappa shape index (κ3) is 6.38. The Bertz CT molecular complexity index is 956. The molecule has 6 heteroatoms. The van der Waals surface area contributed by atoms with Gasteiger partial charge in [0.05, 0.1) is 26.5 Å². The van der Waals surface area contributed by atoms with E-state index in [9.17, 15) is 4.79 Å². The molecule has 0 fully saturated rings. The summed E-state index contributed by atoms with van der Waals surface area (Å²) in [6, 6.07) is 24.0. The van der Waals surface area contributed by atoms with Gasteiger partial charge in [-0.25, -0.2) is 5.43 Å². The molecule has 0 spiro atoms. The van der Waals surface area contributed by atoms with Crippen molar-refractivity contribution in [3.8, 4) is 17.2 Å². The van der Waals surface area contributed by atoms with E-state index in [-0.39, 0.29) is 5.91 Å². The molecule has 0 atom stereocenters. The first-order valence-electron chi connectivity index (χ1n) is 9.63. The largest absolute Gasteiger partial charge is 0.493 e. The van der Waals surface area contributed by atoms with Crippen molar-refractivity contribution in [2.75, 3.05) is 20.3 Å². The van der Waals surface area contributed by atoms with E-state index in [1.54, 1.807) is 25.5 Å². The van der Waals surface area contributed by atoms with E-state index in [2.05, 4.69) is 10.5 Å². The minimum Gasteiger partial charge on any atom is -0.493 e. The van der Waals surface area contributed by atoms with Crippen molar-refractivity contribution in [3.63, 3.8) is 0 Å². The topological polar surface area (TPSA) is 69.2 Å². The minimum absolute atomic E-state index is 0.248. The number of methoxy groups -OCH3 is 1. The number of hydrogen-bond acceptors (Lipinski definition) is 5. The summed E-state index contributed by atoms with van der Waals surface area (Å²) in [5.74, 6) is 1.96. The van der Waals surface area contributed by atoms with Gasteiger partial charge in [-0.1, -0.05) is 30.3 Å². The van der Waals surface area contributed by atoms with Gasteiger partial charge in [0.25, 0.3) is 5.91 Å². The lowest BCUT2D eigenvalue weighted by Gasteiger charge is -2.10. The fourth-order valence-electron chi connectivity index (χ4n) is 2.64. The molecule has 0 aromatic heterocycles. The van der Waals surface area contributed by atoms with Gasteiger partial charge in [0, 0.05) is 12.0 Å². The molecule has 0 saturated heterocycles. The van der Waals surface area contributed by atoms with Gasteiger partial charge in [-0.05, 0) is 54.1 Å². The predicted octanol–water partition coefficient (Wildman–Crippen LogP) is 4.31. The third-order valence-electron chi connectivity index (χ3n) is 4.18. The molecule has 0 aliphatic heterocycles. The lowest BCUT2D eigenvalue weighted by molar-refractivity contribution is 0.0955. The lowest BCUT2D eigenvalue weighted by Crippen LogP contribution is -2.17. The van der Waals surface area contributed by atoms with Crippen LogP contribution in [0, 0.1) is 0 Å². The van der Waals surface area contributed by atoms with E-state index in [0.29, 0.717) is 18.8 Å². The Labute approximate surface area is 176 Å². The zero-order valence-electron chi connectivity index (χ0n) is 16.8. The van der Waals surface area contributed by atoms with E-state index in [1.807, 2.05) is 66.7 Å². The number of hydrogen-bond donors (Lipinski definition) is 1. The molecular weight excluding hydrogens is 380 g/mol. The highest BCUT2D eigenvalue weighted by Crippen LogP contribution is 2.25.